The second kappa shape index (κ2) is 11.0. The van der Waals surface area contributed by atoms with Crippen molar-refractivity contribution in [1.82, 2.24) is 14.8 Å². The van der Waals surface area contributed by atoms with Crippen molar-refractivity contribution < 1.29 is 14.3 Å². The summed E-state index contributed by atoms with van der Waals surface area (Å²) in [5, 5.41) is 12.2. The molecule has 0 atom stereocenters. The van der Waals surface area contributed by atoms with Crippen molar-refractivity contribution in [2.24, 2.45) is 0 Å². The molecule has 1 aromatic heterocycles. The Hall–Kier alpha value is -3.10. The zero-order valence-electron chi connectivity index (χ0n) is 17.8. The molecule has 0 aliphatic rings. The number of esters is 1. The highest BCUT2D eigenvalue weighted by Crippen LogP contribution is 2.26. The molecule has 0 saturated heterocycles. The first kappa shape index (κ1) is 23.6. The van der Waals surface area contributed by atoms with Gasteiger partial charge in [-0.15, -0.1) is 16.8 Å². The molecule has 0 spiro atoms. The first-order valence-corrected chi connectivity index (χ1v) is 11.3. The van der Waals surface area contributed by atoms with Gasteiger partial charge in [-0.05, 0) is 38.1 Å². The Morgan fingerprint density at radius 1 is 1.25 bits per heavy atom. The SMILES string of the molecule is C=CCn1c(SCC(=O)Nc2cc(C(=O)OCC)ccc2Cl)nnc1-c1cccc(C)c1. The van der Waals surface area contributed by atoms with Crippen molar-refractivity contribution >= 4 is 40.9 Å². The van der Waals surface area contributed by atoms with E-state index in [0.717, 1.165) is 11.1 Å². The number of benzene rings is 2. The summed E-state index contributed by atoms with van der Waals surface area (Å²) in [6, 6.07) is 12.6. The molecule has 0 radical (unpaired) electrons. The molecule has 1 heterocycles. The molecule has 1 amide bonds. The maximum Gasteiger partial charge on any atom is 0.338 e. The first-order chi connectivity index (χ1) is 15.4. The van der Waals surface area contributed by atoms with Gasteiger partial charge in [0.25, 0.3) is 0 Å². The Kier molecular flexibility index (Phi) is 8.08. The largest absolute Gasteiger partial charge is 0.462 e. The second-order valence-electron chi connectivity index (χ2n) is 6.83. The monoisotopic (exact) mass is 470 g/mol. The van der Waals surface area contributed by atoms with Gasteiger partial charge in [-0.25, -0.2) is 4.79 Å². The molecule has 0 aliphatic heterocycles. The third kappa shape index (κ3) is 5.77. The summed E-state index contributed by atoms with van der Waals surface area (Å²) in [6.45, 7) is 8.31. The summed E-state index contributed by atoms with van der Waals surface area (Å²) in [6.07, 6.45) is 1.76. The number of hydrogen-bond donors (Lipinski definition) is 1. The zero-order valence-corrected chi connectivity index (χ0v) is 19.4. The molecule has 9 heteroatoms. The number of nitrogens with zero attached hydrogens (tertiary/aromatic N) is 3. The zero-order chi connectivity index (χ0) is 23.1. The van der Waals surface area contributed by atoms with E-state index in [1.54, 1.807) is 25.1 Å². The van der Waals surface area contributed by atoms with E-state index in [9.17, 15) is 9.59 Å². The highest BCUT2D eigenvalue weighted by molar-refractivity contribution is 7.99. The summed E-state index contributed by atoms with van der Waals surface area (Å²) >= 11 is 7.43. The van der Waals surface area contributed by atoms with Crippen LogP contribution < -0.4 is 5.32 Å². The van der Waals surface area contributed by atoms with Crippen LogP contribution in [0, 0.1) is 6.92 Å². The number of anilines is 1. The Bertz CT molecular complexity index is 1150. The molecule has 0 bridgehead atoms. The number of hydrogen-bond acceptors (Lipinski definition) is 6. The molecule has 0 aliphatic carbocycles. The molecule has 32 heavy (non-hydrogen) atoms. The van der Waals surface area contributed by atoms with Crippen molar-refractivity contribution in [2.75, 3.05) is 17.7 Å². The van der Waals surface area contributed by atoms with Crippen LogP contribution in [-0.2, 0) is 16.1 Å². The van der Waals surface area contributed by atoms with E-state index in [-0.39, 0.29) is 18.3 Å². The maximum absolute atomic E-state index is 12.6. The van der Waals surface area contributed by atoms with Gasteiger partial charge in [0, 0.05) is 12.1 Å². The van der Waals surface area contributed by atoms with Crippen LogP contribution in [0.25, 0.3) is 11.4 Å². The van der Waals surface area contributed by atoms with Crippen LogP contribution >= 0.6 is 23.4 Å². The van der Waals surface area contributed by atoms with Gasteiger partial charge in [0.15, 0.2) is 11.0 Å². The van der Waals surface area contributed by atoms with Crippen LogP contribution in [-0.4, -0.2) is 39.0 Å². The first-order valence-electron chi connectivity index (χ1n) is 9.93. The Labute approximate surface area is 195 Å². The minimum Gasteiger partial charge on any atom is -0.462 e. The number of allylic oxidation sites excluding steroid dienone is 1. The number of carbonyl (C=O) groups is 2. The lowest BCUT2D eigenvalue weighted by Crippen LogP contribution is -2.16. The molecule has 2 aromatic carbocycles. The molecule has 1 N–H and O–H groups in total. The lowest BCUT2D eigenvalue weighted by atomic mass is 10.1. The van der Waals surface area contributed by atoms with Crippen molar-refractivity contribution in [3.63, 3.8) is 0 Å². The van der Waals surface area contributed by atoms with E-state index >= 15 is 0 Å². The molecular weight excluding hydrogens is 448 g/mol. The fraction of sp³-hybridized carbons (Fsp3) is 0.217. The van der Waals surface area contributed by atoms with E-state index in [1.165, 1.54) is 17.8 Å². The second-order valence-corrected chi connectivity index (χ2v) is 8.18. The minimum atomic E-state index is -0.477. The molecular formula is C23H23ClN4O3S. The van der Waals surface area contributed by atoms with Crippen molar-refractivity contribution in [1.29, 1.82) is 0 Å². The molecule has 3 aromatic rings. The fourth-order valence-electron chi connectivity index (χ4n) is 2.97. The topological polar surface area (TPSA) is 86.1 Å². The number of rotatable bonds is 9. The van der Waals surface area contributed by atoms with E-state index in [0.29, 0.717) is 33.8 Å². The quantitative estimate of drug-likeness (QED) is 0.269. The summed E-state index contributed by atoms with van der Waals surface area (Å²) in [4.78, 5) is 24.5. The number of aromatic nitrogens is 3. The van der Waals surface area contributed by atoms with Gasteiger partial charge in [0.2, 0.25) is 5.91 Å². The van der Waals surface area contributed by atoms with Gasteiger partial charge in [-0.3, -0.25) is 9.36 Å². The predicted octanol–water partition coefficient (Wildman–Crippen LogP) is 5.00. The number of amides is 1. The van der Waals surface area contributed by atoms with Gasteiger partial charge < -0.3 is 10.1 Å². The average molecular weight is 471 g/mol. The highest BCUT2D eigenvalue weighted by atomic mass is 35.5. The number of halogens is 1. The smallest absolute Gasteiger partial charge is 0.338 e. The molecule has 166 valence electrons. The minimum absolute atomic E-state index is 0.0864. The van der Waals surface area contributed by atoms with Crippen LogP contribution in [0.15, 0.2) is 60.3 Å². The number of aryl methyl sites for hydroxylation is 1. The van der Waals surface area contributed by atoms with Gasteiger partial charge in [0.05, 0.1) is 28.6 Å². The van der Waals surface area contributed by atoms with Crippen molar-refractivity contribution in [3.05, 3.63) is 71.3 Å². The van der Waals surface area contributed by atoms with Crippen LogP contribution in [0.4, 0.5) is 5.69 Å². The Balaban J connectivity index is 1.72. The molecule has 3 rings (SSSR count). The fourth-order valence-corrected chi connectivity index (χ4v) is 3.88. The molecule has 0 saturated carbocycles. The maximum atomic E-state index is 12.6. The van der Waals surface area contributed by atoms with Crippen LogP contribution in [0.2, 0.25) is 5.02 Å². The number of ether oxygens (including phenoxy) is 1. The number of thioether (sulfide) groups is 1. The standard InChI is InChI=1S/C23H23ClN4O3S/c1-4-11-28-21(16-8-6-7-15(3)12-16)26-27-23(28)32-14-20(29)25-19-13-17(9-10-18(19)24)22(30)31-5-2/h4,6-10,12-13H,1,5,11,14H2,2-3H3,(H,25,29). The summed E-state index contributed by atoms with van der Waals surface area (Å²) in [5.41, 5.74) is 2.72. The van der Waals surface area contributed by atoms with Crippen LogP contribution in [0.1, 0.15) is 22.8 Å². The van der Waals surface area contributed by atoms with E-state index in [1.807, 2.05) is 35.8 Å². The summed E-state index contributed by atoms with van der Waals surface area (Å²) in [5.74, 6) is 0.0309. The van der Waals surface area contributed by atoms with E-state index < -0.39 is 5.97 Å². The molecule has 7 nitrogen and oxygen atoms in total. The average Bonchev–Trinajstić information content (AvgIpc) is 3.17. The van der Waals surface area contributed by atoms with Gasteiger partial charge in [0.1, 0.15) is 0 Å². The van der Waals surface area contributed by atoms with Crippen molar-refractivity contribution in [3.8, 4) is 11.4 Å². The highest BCUT2D eigenvalue weighted by Gasteiger charge is 2.16. The van der Waals surface area contributed by atoms with Gasteiger partial charge in [-0.2, -0.15) is 0 Å². The van der Waals surface area contributed by atoms with Crippen LogP contribution in [0.5, 0.6) is 0 Å². The molecule has 0 unspecified atom stereocenters. The summed E-state index contributed by atoms with van der Waals surface area (Å²) < 4.78 is 6.90. The van der Waals surface area contributed by atoms with Gasteiger partial charge in [-0.1, -0.05) is 53.2 Å². The lowest BCUT2D eigenvalue weighted by molar-refractivity contribution is -0.113. The third-order valence-electron chi connectivity index (χ3n) is 4.39. The number of carbonyl (C=O) groups excluding carboxylic acids is 2. The summed E-state index contributed by atoms with van der Waals surface area (Å²) in [7, 11) is 0. The van der Waals surface area contributed by atoms with E-state index in [4.69, 9.17) is 16.3 Å². The Morgan fingerprint density at radius 3 is 2.78 bits per heavy atom. The molecule has 0 fully saturated rings. The lowest BCUT2D eigenvalue weighted by Gasteiger charge is -2.10. The predicted molar refractivity (Wildman–Crippen MR) is 127 cm³/mol. The van der Waals surface area contributed by atoms with E-state index in [2.05, 4.69) is 22.1 Å². The Morgan fingerprint density at radius 2 is 2.06 bits per heavy atom. The van der Waals surface area contributed by atoms with Gasteiger partial charge >= 0.3 is 5.97 Å². The van der Waals surface area contributed by atoms with Crippen molar-refractivity contribution in [2.45, 2.75) is 25.5 Å². The number of nitrogens with one attached hydrogen (secondary N) is 1. The van der Waals surface area contributed by atoms with Crippen LogP contribution in [0.3, 0.4) is 0 Å². The normalized spacial score (nSPS) is 10.6. The third-order valence-corrected chi connectivity index (χ3v) is 5.69.